The van der Waals surface area contributed by atoms with E-state index in [0.29, 0.717) is 6.54 Å². The van der Waals surface area contributed by atoms with Crippen LogP contribution in [0.3, 0.4) is 0 Å². The van der Waals surface area contributed by atoms with Crippen LogP contribution in [0.1, 0.15) is 18.9 Å². The van der Waals surface area contributed by atoms with E-state index in [1.165, 1.54) is 11.3 Å². The molecule has 0 unspecified atom stereocenters. The fraction of sp³-hybridized carbons (Fsp3) is 0.625. The third-order valence-corrected chi connectivity index (χ3v) is 2.31. The molecule has 70 valence electrons. The van der Waals surface area contributed by atoms with Crippen molar-refractivity contribution in [1.82, 2.24) is 10.2 Å². The van der Waals surface area contributed by atoms with Crippen LogP contribution in [0.4, 0.5) is 5.13 Å². The van der Waals surface area contributed by atoms with Crippen LogP contribution in [0, 0.1) is 23.7 Å². The molecule has 1 rings (SSSR count). The molecule has 0 saturated heterocycles. The Morgan fingerprint density at radius 3 is 2.69 bits per heavy atom. The van der Waals surface area contributed by atoms with Crippen LogP contribution < -0.4 is 5.32 Å². The van der Waals surface area contributed by atoms with E-state index in [1.54, 1.807) is 0 Å². The Hall–Kier alpha value is -1.15. The molecule has 0 spiro atoms. The van der Waals surface area contributed by atoms with Crippen LogP contribution in [-0.4, -0.2) is 16.7 Å². The standard InChI is InChI=1S/C8H12N4S/c1-6-11-12-7(13-6)10-5-8(2,3)4-9/h5H2,1-3H3,(H,10,12). The number of rotatable bonds is 3. The number of hydrogen-bond acceptors (Lipinski definition) is 5. The first-order chi connectivity index (χ1) is 6.03. The van der Waals surface area contributed by atoms with Crippen molar-refractivity contribution in [1.29, 1.82) is 5.26 Å². The average Bonchev–Trinajstić information content (AvgIpc) is 2.48. The minimum absolute atomic E-state index is 0.362. The van der Waals surface area contributed by atoms with E-state index in [4.69, 9.17) is 5.26 Å². The maximum Gasteiger partial charge on any atom is 0.205 e. The first-order valence-corrected chi connectivity index (χ1v) is 4.80. The molecule has 0 atom stereocenters. The highest BCUT2D eigenvalue weighted by molar-refractivity contribution is 7.15. The first kappa shape index (κ1) is 9.93. The molecule has 5 heteroatoms. The van der Waals surface area contributed by atoms with Crippen LogP contribution >= 0.6 is 11.3 Å². The SMILES string of the molecule is Cc1nnc(NCC(C)(C)C#N)s1. The predicted molar refractivity (Wildman–Crippen MR) is 52.5 cm³/mol. The molecule has 0 radical (unpaired) electrons. The summed E-state index contributed by atoms with van der Waals surface area (Å²) in [6.45, 7) is 6.26. The van der Waals surface area contributed by atoms with Crippen molar-refractivity contribution < 1.29 is 0 Å². The summed E-state index contributed by atoms with van der Waals surface area (Å²) in [4.78, 5) is 0. The lowest BCUT2D eigenvalue weighted by Gasteiger charge is -2.14. The maximum absolute atomic E-state index is 8.75. The van der Waals surface area contributed by atoms with E-state index >= 15 is 0 Å². The highest BCUT2D eigenvalue weighted by Gasteiger charge is 2.16. The van der Waals surface area contributed by atoms with Crippen molar-refractivity contribution in [3.63, 3.8) is 0 Å². The summed E-state index contributed by atoms with van der Waals surface area (Å²) < 4.78 is 0. The molecule has 1 N–H and O–H groups in total. The monoisotopic (exact) mass is 196 g/mol. The Morgan fingerprint density at radius 2 is 2.23 bits per heavy atom. The fourth-order valence-electron chi connectivity index (χ4n) is 0.704. The number of nitriles is 1. The molecular weight excluding hydrogens is 184 g/mol. The third-order valence-electron chi connectivity index (χ3n) is 1.51. The number of anilines is 1. The van der Waals surface area contributed by atoms with Crippen LogP contribution in [0.25, 0.3) is 0 Å². The summed E-state index contributed by atoms with van der Waals surface area (Å²) >= 11 is 1.50. The van der Waals surface area contributed by atoms with Gasteiger partial charge in [-0.05, 0) is 20.8 Å². The Kier molecular flexibility index (Phi) is 2.83. The van der Waals surface area contributed by atoms with Gasteiger partial charge >= 0.3 is 0 Å². The molecule has 0 saturated carbocycles. The molecule has 0 fully saturated rings. The van der Waals surface area contributed by atoms with E-state index in [2.05, 4.69) is 21.6 Å². The predicted octanol–water partition coefficient (Wildman–Crippen LogP) is 1.81. The van der Waals surface area contributed by atoms with Gasteiger partial charge in [-0.2, -0.15) is 5.26 Å². The van der Waals surface area contributed by atoms with Gasteiger partial charge in [0.15, 0.2) is 0 Å². The summed E-state index contributed by atoms with van der Waals surface area (Å²) in [7, 11) is 0. The van der Waals surface area contributed by atoms with Crippen molar-refractivity contribution in [3.8, 4) is 6.07 Å². The Labute approximate surface area is 81.6 Å². The van der Waals surface area contributed by atoms with Crippen LogP contribution in [-0.2, 0) is 0 Å². The summed E-state index contributed by atoms with van der Waals surface area (Å²) in [5, 5.41) is 21.3. The smallest absolute Gasteiger partial charge is 0.205 e. The molecule has 0 aliphatic heterocycles. The summed E-state index contributed by atoms with van der Waals surface area (Å²) in [6, 6.07) is 2.21. The topological polar surface area (TPSA) is 61.6 Å². The van der Waals surface area contributed by atoms with E-state index < -0.39 is 0 Å². The normalized spacial score (nSPS) is 10.9. The number of aryl methyl sites for hydroxylation is 1. The number of hydrogen-bond donors (Lipinski definition) is 1. The molecule has 0 aliphatic carbocycles. The van der Waals surface area contributed by atoms with Gasteiger partial charge in [-0.1, -0.05) is 11.3 Å². The molecular formula is C8H12N4S. The molecule has 13 heavy (non-hydrogen) atoms. The number of nitrogens with one attached hydrogen (secondary N) is 1. The first-order valence-electron chi connectivity index (χ1n) is 3.99. The minimum atomic E-state index is -0.362. The molecule has 4 nitrogen and oxygen atoms in total. The summed E-state index contributed by atoms with van der Waals surface area (Å²) in [6.07, 6.45) is 0. The lowest BCUT2D eigenvalue weighted by molar-refractivity contribution is 0.528. The fourth-order valence-corrected chi connectivity index (χ4v) is 1.29. The van der Waals surface area contributed by atoms with Gasteiger partial charge in [0.2, 0.25) is 5.13 Å². The van der Waals surface area contributed by atoms with Crippen molar-refractivity contribution >= 4 is 16.5 Å². The zero-order valence-corrected chi connectivity index (χ0v) is 8.77. The van der Waals surface area contributed by atoms with Gasteiger partial charge in [0.25, 0.3) is 0 Å². The number of nitrogens with zero attached hydrogens (tertiary/aromatic N) is 3. The average molecular weight is 196 g/mol. The molecule has 1 aromatic rings. The summed E-state index contributed by atoms with van der Waals surface area (Å²) in [5.74, 6) is 0. The second-order valence-electron chi connectivity index (χ2n) is 3.48. The van der Waals surface area contributed by atoms with E-state index in [9.17, 15) is 0 Å². The lowest BCUT2D eigenvalue weighted by atomic mass is 9.96. The van der Waals surface area contributed by atoms with Crippen molar-refractivity contribution in [2.45, 2.75) is 20.8 Å². The van der Waals surface area contributed by atoms with Gasteiger partial charge in [-0.25, -0.2) is 0 Å². The molecule has 0 amide bonds. The maximum atomic E-state index is 8.75. The second-order valence-corrected chi connectivity index (χ2v) is 4.66. The molecule has 1 aromatic heterocycles. The highest BCUT2D eigenvalue weighted by Crippen LogP contribution is 2.18. The van der Waals surface area contributed by atoms with Crippen LogP contribution in [0.15, 0.2) is 0 Å². The van der Waals surface area contributed by atoms with Crippen molar-refractivity contribution in [2.75, 3.05) is 11.9 Å². The van der Waals surface area contributed by atoms with Gasteiger partial charge in [0.1, 0.15) is 5.01 Å². The summed E-state index contributed by atoms with van der Waals surface area (Å²) in [5.41, 5.74) is -0.362. The van der Waals surface area contributed by atoms with Crippen LogP contribution in [0.5, 0.6) is 0 Å². The molecule has 1 heterocycles. The zero-order valence-electron chi connectivity index (χ0n) is 7.96. The van der Waals surface area contributed by atoms with E-state index in [-0.39, 0.29) is 5.41 Å². The Morgan fingerprint density at radius 1 is 1.54 bits per heavy atom. The highest BCUT2D eigenvalue weighted by atomic mass is 32.1. The largest absolute Gasteiger partial charge is 0.358 e. The Bertz CT molecular complexity index is 323. The van der Waals surface area contributed by atoms with Crippen LogP contribution in [0.2, 0.25) is 0 Å². The minimum Gasteiger partial charge on any atom is -0.358 e. The van der Waals surface area contributed by atoms with E-state index in [0.717, 1.165) is 10.1 Å². The second kappa shape index (κ2) is 3.71. The van der Waals surface area contributed by atoms with Crippen molar-refractivity contribution in [3.05, 3.63) is 5.01 Å². The lowest BCUT2D eigenvalue weighted by Crippen LogP contribution is -2.20. The molecule has 0 aliphatic rings. The van der Waals surface area contributed by atoms with Gasteiger partial charge in [-0.15, -0.1) is 10.2 Å². The van der Waals surface area contributed by atoms with Gasteiger partial charge < -0.3 is 5.32 Å². The molecule has 0 bridgehead atoms. The molecule has 0 aromatic carbocycles. The van der Waals surface area contributed by atoms with Gasteiger partial charge in [0, 0.05) is 6.54 Å². The number of aromatic nitrogens is 2. The van der Waals surface area contributed by atoms with Crippen molar-refractivity contribution in [2.24, 2.45) is 5.41 Å². The third kappa shape index (κ3) is 2.99. The van der Waals surface area contributed by atoms with Gasteiger partial charge in [-0.3, -0.25) is 0 Å². The zero-order chi connectivity index (χ0) is 9.90. The van der Waals surface area contributed by atoms with Gasteiger partial charge in [0.05, 0.1) is 11.5 Å². The Balaban J connectivity index is 2.49. The quantitative estimate of drug-likeness (QED) is 0.800. The van der Waals surface area contributed by atoms with E-state index in [1.807, 2.05) is 20.8 Å².